The van der Waals surface area contributed by atoms with Gasteiger partial charge in [0.05, 0.1) is 11.4 Å². The van der Waals surface area contributed by atoms with Crippen LogP contribution in [0.4, 0.5) is 0 Å². The van der Waals surface area contributed by atoms with E-state index >= 15 is 0 Å². The first kappa shape index (κ1) is 12.1. The number of hydrogen-bond acceptors (Lipinski definition) is 3. The fourth-order valence-corrected chi connectivity index (χ4v) is 2.00. The number of nitrogens with zero attached hydrogens (tertiary/aromatic N) is 2. The first-order valence-electron chi connectivity index (χ1n) is 6.11. The lowest BCUT2D eigenvalue weighted by Crippen LogP contribution is -2.12. The second-order valence-electron chi connectivity index (χ2n) is 4.32. The van der Waals surface area contributed by atoms with Gasteiger partial charge in [0.25, 0.3) is 5.91 Å². The Hall–Kier alpha value is -2.95. The molecule has 3 N–H and O–H groups in total. The Labute approximate surface area is 115 Å². The van der Waals surface area contributed by atoms with Crippen molar-refractivity contribution < 1.29 is 4.79 Å². The van der Waals surface area contributed by atoms with Crippen LogP contribution in [0, 0.1) is 0 Å². The van der Waals surface area contributed by atoms with Crippen LogP contribution in [0.1, 0.15) is 10.5 Å². The van der Waals surface area contributed by atoms with Gasteiger partial charge in [0.2, 0.25) is 0 Å². The highest BCUT2D eigenvalue weighted by atomic mass is 16.1. The lowest BCUT2D eigenvalue weighted by atomic mass is 10.1. The normalized spacial score (nSPS) is 10.4. The molecule has 0 fully saturated rings. The predicted molar refractivity (Wildman–Crippen MR) is 75.8 cm³/mol. The molecule has 3 rings (SSSR count). The minimum Gasteiger partial charge on any atom is -0.364 e. The van der Waals surface area contributed by atoms with E-state index in [0.717, 1.165) is 16.8 Å². The van der Waals surface area contributed by atoms with Crippen molar-refractivity contribution in [2.45, 2.75) is 0 Å². The molecule has 0 aliphatic carbocycles. The minimum atomic E-state index is -0.531. The molecule has 2 heterocycles. The Morgan fingerprint density at radius 3 is 2.60 bits per heavy atom. The first-order chi connectivity index (χ1) is 9.74. The number of nitrogens with two attached hydrogens (primary N) is 1. The van der Waals surface area contributed by atoms with Crippen molar-refractivity contribution in [3.63, 3.8) is 0 Å². The van der Waals surface area contributed by atoms with Gasteiger partial charge in [0.15, 0.2) is 0 Å². The number of primary amides is 1. The molecule has 20 heavy (non-hydrogen) atoms. The van der Waals surface area contributed by atoms with Gasteiger partial charge >= 0.3 is 0 Å². The van der Waals surface area contributed by atoms with Crippen molar-refractivity contribution >= 4 is 5.91 Å². The summed E-state index contributed by atoms with van der Waals surface area (Å²) in [5.41, 5.74) is 9.07. The average molecular weight is 264 g/mol. The standard InChI is InChI=1S/C15H12N4O/c16-15(20)14-6-2-5-12(18-14)10-3-1-4-11(9-10)13-7-8-17-19-13/h1-9H,(H2,16,20)(H,17,19). The molecule has 0 saturated heterocycles. The molecule has 1 amide bonds. The third-order valence-corrected chi connectivity index (χ3v) is 2.97. The maximum absolute atomic E-state index is 11.2. The number of rotatable bonds is 3. The number of aromatic amines is 1. The number of hydrogen-bond donors (Lipinski definition) is 2. The van der Waals surface area contributed by atoms with E-state index in [4.69, 9.17) is 5.73 Å². The second kappa shape index (κ2) is 4.97. The van der Waals surface area contributed by atoms with Crippen molar-refractivity contribution in [2.75, 3.05) is 0 Å². The Morgan fingerprint density at radius 2 is 1.85 bits per heavy atom. The van der Waals surface area contributed by atoms with Gasteiger partial charge in [0, 0.05) is 17.3 Å². The van der Waals surface area contributed by atoms with Gasteiger partial charge in [-0.1, -0.05) is 24.3 Å². The fraction of sp³-hybridized carbons (Fsp3) is 0. The largest absolute Gasteiger partial charge is 0.364 e. The number of aromatic nitrogens is 3. The van der Waals surface area contributed by atoms with Gasteiger partial charge in [0.1, 0.15) is 5.69 Å². The molecule has 0 bridgehead atoms. The van der Waals surface area contributed by atoms with Crippen LogP contribution in [0.3, 0.4) is 0 Å². The van der Waals surface area contributed by atoms with E-state index in [0.29, 0.717) is 5.69 Å². The summed E-state index contributed by atoms with van der Waals surface area (Å²) in [6.07, 6.45) is 1.70. The van der Waals surface area contributed by atoms with Gasteiger partial charge in [-0.3, -0.25) is 9.89 Å². The van der Waals surface area contributed by atoms with Crippen molar-refractivity contribution in [1.29, 1.82) is 0 Å². The van der Waals surface area contributed by atoms with Crippen LogP contribution >= 0.6 is 0 Å². The molecule has 0 saturated carbocycles. The van der Waals surface area contributed by atoms with Crippen LogP contribution in [0.5, 0.6) is 0 Å². The number of amides is 1. The van der Waals surface area contributed by atoms with Crippen molar-refractivity contribution in [2.24, 2.45) is 5.73 Å². The van der Waals surface area contributed by atoms with Crippen LogP contribution in [0.15, 0.2) is 54.7 Å². The summed E-state index contributed by atoms with van der Waals surface area (Å²) >= 11 is 0. The summed E-state index contributed by atoms with van der Waals surface area (Å²) < 4.78 is 0. The van der Waals surface area contributed by atoms with Gasteiger partial charge in [-0.15, -0.1) is 0 Å². The van der Waals surface area contributed by atoms with E-state index in [9.17, 15) is 4.79 Å². The smallest absolute Gasteiger partial charge is 0.267 e. The molecule has 5 heteroatoms. The van der Waals surface area contributed by atoms with E-state index in [-0.39, 0.29) is 5.69 Å². The second-order valence-corrected chi connectivity index (χ2v) is 4.32. The van der Waals surface area contributed by atoms with E-state index in [1.807, 2.05) is 36.4 Å². The van der Waals surface area contributed by atoms with Crippen LogP contribution in [0.25, 0.3) is 22.5 Å². The monoisotopic (exact) mass is 264 g/mol. The summed E-state index contributed by atoms with van der Waals surface area (Å²) in [4.78, 5) is 15.4. The molecule has 0 unspecified atom stereocenters. The maximum atomic E-state index is 11.2. The van der Waals surface area contributed by atoms with E-state index in [2.05, 4.69) is 15.2 Å². The number of carbonyl (C=O) groups excluding carboxylic acids is 1. The zero-order valence-corrected chi connectivity index (χ0v) is 10.6. The quantitative estimate of drug-likeness (QED) is 0.760. The Morgan fingerprint density at radius 1 is 1.05 bits per heavy atom. The molecular formula is C15H12N4O. The highest BCUT2D eigenvalue weighted by molar-refractivity contribution is 5.91. The molecular weight excluding hydrogens is 252 g/mol. The van der Waals surface area contributed by atoms with E-state index < -0.39 is 5.91 Å². The average Bonchev–Trinajstić information content (AvgIpc) is 3.02. The van der Waals surface area contributed by atoms with Gasteiger partial charge in [-0.2, -0.15) is 5.10 Å². The lowest BCUT2D eigenvalue weighted by Gasteiger charge is -2.04. The predicted octanol–water partition coefficient (Wildman–Crippen LogP) is 2.24. The zero-order valence-electron chi connectivity index (χ0n) is 10.6. The minimum absolute atomic E-state index is 0.259. The topological polar surface area (TPSA) is 84.7 Å². The summed E-state index contributed by atoms with van der Waals surface area (Å²) in [6.45, 7) is 0. The maximum Gasteiger partial charge on any atom is 0.267 e. The summed E-state index contributed by atoms with van der Waals surface area (Å²) in [5.74, 6) is -0.531. The fourth-order valence-electron chi connectivity index (χ4n) is 2.00. The molecule has 5 nitrogen and oxygen atoms in total. The van der Waals surface area contributed by atoms with Gasteiger partial charge in [-0.05, 0) is 24.3 Å². The van der Waals surface area contributed by atoms with Gasteiger partial charge < -0.3 is 5.73 Å². The first-order valence-corrected chi connectivity index (χ1v) is 6.11. The molecule has 0 radical (unpaired) electrons. The number of benzene rings is 1. The number of pyridine rings is 1. The Bertz CT molecular complexity index is 750. The summed E-state index contributed by atoms with van der Waals surface area (Å²) in [5, 5.41) is 6.85. The third kappa shape index (κ3) is 2.29. The van der Waals surface area contributed by atoms with Gasteiger partial charge in [-0.25, -0.2) is 4.98 Å². The highest BCUT2D eigenvalue weighted by Gasteiger charge is 2.06. The molecule has 0 atom stereocenters. The van der Waals surface area contributed by atoms with Crippen molar-refractivity contribution in [3.8, 4) is 22.5 Å². The van der Waals surface area contributed by atoms with Crippen molar-refractivity contribution in [3.05, 3.63) is 60.4 Å². The molecule has 0 aliphatic heterocycles. The Kier molecular flexibility index (Phi) is 3.01. The van der Waals surface area contributed by atoms with Crippen LogP contribution in [-0.4, -0.2) is 21.1 Å². The van der Waals surface area contributed by atoms with Crippen molar-refractivity contribution in [1.82, 2.24) is 15.2 Å². The lowest BCUT2D eigenvalue weighted by molar-refractivity contribution is 0.0995. The summed E-state index contributed by atoms with van der Waals surface area (Å²) in [6, 6.07) is 15.0. The van der Waals surface area contributed by atoms with E-state index in [1.165, 1.54) is 0 Å². The zero-order chi connectivity index (χ0) is 13.9. The van der Waals surface area contributed by atoms with E-state index in [1.54, 1.807) is 18.3 Å². The Balaban J connectivity index is 2.04. The number of H-pyrrole nitrogens is 1. The molecule has 0 spiro atoms. The molecule has 2 aromatic heterocycles. The highest BCUT2D eigenvalue weighted by Crippen LogP contribution is 2.23. The van der Waals surface area contributed by atoms with Crippen LogP contribution in [0.2, 0.25) is 0 Å². The van der Waals surface area contributed by atoms with Crippen LogP contribution in [-0.2, 0) is 0 Å². The third-order valence-electron chi connectivity index (χ3n) is 2.97. The van der Waals surface area contributed by atoms with Crippen LogP contribution < -0.4 is 5.73 Å². The molecule has 3 aromatic rings. The summed E-state index contributed by atoms with van der Waals surface area (Å²) in [7, 11) is 0. The molecule has 98 valence electrons. The molecule has 1 aromatic carbocycles. The SMILES string of the molecule is NC(=O)c1cccc(-c2cccc(-c3ccn[nH]3)c2)n1. The molecule has 0 aliphatic rings. The number of nitrogens with one attached hydrogen (secondary N) is 1. The number of carbonyl (C=O) groups is 1.